The van der Waals surface area contributed by atoms with Gasteiger partial charge in [-0.15, -0.1) is 0 Å². The van der Waals surface area contributed by atoms with Crippen molar-refractivity contribution in [2.24, 2.45) is 0 Å². The largest absolute Gasteiger partial charge is 0.392 e. The van der Waals surface area contributed by atoms with Crippen LogP contribution < -0.4 is 5.32 Å². The Bertz CT molecular complexity index is 567. The van der Waals surface area contributed by atoms with Gasteiger partial charge in [0.15, 0.2) is 5.82 Å². The third kappa shape index (κ3) is 2.67. The van der Waals surface area contributed by atoms with Crippen molar-refractivity contribution in [1.82, 2.24) is 15.5 Å². The van der Waals surface area contributed by atoms with Crippen LogP contribution in [0.4, 0.5) is 0 Å². The van der Waals surface area contributed by atoms with Gasteiger partial charge in [0.2, 0.25) is 5.89 Å². The van der Waals surface area contributed by atoms with Crippen LogP contribution in [0.5, 0.6) is 0 Å². The molecule has 0 spiro atoms. The molecular formula is C14H17N3O2. The summed E-state index contributed by atoms with van der Waals surface area (Å²) in [4.78, 5) is 4.41. The van der Waals surface area contributed by atoms with E-state index in [-0.39, 0.29) is 12.1 Å². The van der Waals surface area contributed by atoms with E-state index < -0.39 is 0 Å². The van der Waals surface area contributed by atoms with Crippen molar-refractivity contribution in [3.63, 3.8) is 0 Å². The van der Waals surface area contributed by atoms with Crippen LogP contribution in [0.1, 0.15) is 35.3 Å². The smallest absolute Gasteiger partial charge is 0.243 e. The fourth-order valence-electron chi connectivity index (χ4n) is 2.36. The fraction of sp³-hybridized carbons (Fsp3) is 0.429. The Morgan fingerprint density at radius 1 is 1.42 bits per heavy atom. The Kier molecular flexibility index (Phi) is 3.31. The summed E-state index contributed by atoms with van der Waals surface area (Å²) in [7, 11) is 0. The van der Waals surface area contributed by atoms with Crippen molar-refractivity contribution in [2.45, 2.75) is 31.9 Å². The molecule has 0 unspecified atom stereocenters. The van der Waals surface area contributed by atoms with Gasteiger partial charge in [0.1, 0.15) is 0 Å². The minimum absolute atomic E-state index is 0.0203. The minimum atomic E-state index is -0.322. The summed E-state index contributed by atoms with van der Waals surface area (Å²) in [5, 5.41) is 16.7. The van der Waals surface area contributed by atoms with Crippen LogP contribution in [-0.4, -0.2) is 27.9 Å². The molecule has 1 aromatic carbocycles. The number of aromatic nitrogens is 2. The van der Waals surface area contributed by atoms with Gasteiger partial charge in [-0.05, 0) is 24.5 Å². The van der Waals surface area contributed by atoms with Crippen LogP contribution in [0.3, 0.4) is 0 Å². The number of aryl methyl sites for hydroxylation is 1. The number of β-amino-alcohol motifs (C(OH)–C–C–N with tert-alkyl or cyclic N) is 1. The quantitative estimate of drug-likeness (QED) is 0.871. The molecule has 3 rings (SSSR count). The van der Waals surface area contributed by atoms with Crippen molar-refractivity contribution in [3.8, 4) is 0 Å². The summed E-state index contributed by atoms with van der Waals surface area (Å²) in [6.45, 7) is 2.66. The summed E-state index contributed by atoms with van der Waals surface area (Å²) in [5.41, 5.74) is 2.43. The molecule has 5 heteroatoms. The molecule has 19 heavy (non-hydrogen) atoms. The van der Waals surface area contributed by atoms with Gasteiger partial charge in [-0.2, -0.15) is 4.98 Å². The van der Waals surface area contributed by atoms with Gasteiger partial charge in [-0.25, -0.2) is 0 Å². The molecule has 5 nitrogen and oxygen atoms in total. The minimum Gasteiger partial charge on any atom is -0.392 e. The second kappa shape index (κ2) is 5.11. The van der Waals surface area contributed by atoms with E-state index in [0.29, 0.717) is 31.1 Å². The molecule has 0 amide bonds. The Morgan fingerprint density at radius 2 is 2.26 bits per heavy atom. The van der Waals surface area contributed by atoms with E-state index in [1.807, 2.05) is 12.1 Å². The summed E-state index contributed by atoms with van der Waals surface area (Å²) in [6, 6.07) is 8.16. The Balaban J connectivity index is 1.73. The predicted octanol–water partition coefficient (Wildman–Crippen LogP) is 1.36. The molecule has 100 valence electrons. The average molecular weight is 259 g/mol. The molecule has 1 aliphatic heterocycles. The van der Waals surface area contributed by atoms with Crippen LogP contribution in [-0.2, 0) is 6.42 Å². The number of aliphatic hydroxyl groups excluding tert-OH is 1. The molecule has 1 fully saturated rings. The van der Waals surface area contributed by atoms with E-state index in [1.54, 1.807) is 0 Å². The number of aliphatic hydroxyl groups is 1. The first-order valence-electron chi connectivity index (χ1n) is 6.51. The number of rotatable bonds is 3. The van der Waals surface area contributed by atoms with Crippen molar-refractivity contribution < 1.29 is 9.63 Å². The monoisotopic (exact) mass is 259 g/mol. The van der Waals surface area contributed by atoms with Crippen molar-refractivity contribution in [1.29, 1.82) is 0 Å². The van der Waals surface area contributed by atoms with Crippen molar-refractivity contribution in [2.75, 3.05) is 6.54 Å². The summed E-state index contributed by atoms with van der Waals surface area (Å²) in [5.74, 6) is 1.26. The topological polar surface area (TPSA) is 71.2 Å². The lowest BCUT2D eigenvalue weighted by molar-refractivity contribution is 0.191. The first kappa shape index (κ1) is 12.3. The highest BCUT2D eigenvalue weighted by atomic mass is 16.5. The van der Waals surface area contributed by atoms with Gasteiger partial charge in [0, 0.05) is 13.0 Å². The normalized spacial score (nSPS) is 22.8. The maximum absolute atomic E-state index is 9.49. The highest BCUT2D eigenvalue weighted by Gasteiger charge is 2.28. The lowest BCUT2D eigenvalue weighted by Crippen LogP contribution is -2.15. The second-order valence-electron chi connectivity index (χ2n) is 5.00. The molecule has 2 atom stereocenters. The number of nitrogens with zero attached hydrogens (tertiary/aromatic N) is 2. The standard InChI is InChI=1S/C14H17N3O2/c1-9-4-2-3-5-10(9)6-13-16-14(19-17-13)12-7-11(18)8-15-12/h2-5,11-12,15,18H,6-8H2,1H3/t11-,12-/m0/s1. The van der Waals surface area contributed by atoms with Gasteiger partial charge in [-0.1, -0.05) is 29.4 Å². The summed E-state index contributed by atoms with van der Waals surface area (Å²) < 4.78 is 5.27. The van der Waals surface area contributed by atoms with E-state index in [0.717, 1.165) is 0 Å². The molecule has 2 N–H and O–H groups in total. The number of benzene rings is 1. The lowest BCUT2D eigenvalue weighted by Gasteiger charge is -2.02. The lowest BCUT2D eigenvalue weighted by atomic mass is 10.1. The summed E-state index contributed by atoms with van der Waals surface area (Å²) >= 11 is 0. The van der Waals surface area contributed by atoms with E-state index >= 15 is 0 Å². The maximum atomic E-state index is 9.49. The molecule has 2 aromatic rings. The molecule has 1 aliphatic rings. The highest BCUT2D eigenvalue weighted by molar-refractivity contribution is 5.28. The zero-order chi connectivity index (χ0) is 13.2. The Morgan fingerprint density at radius 3 is 3.00 bits per heavy atom. The first-order chi connectivity index (χ1) is 9.22. The predicted molar refractivity (Wildman–Crippen MR) is 69.7 cm³/mol. The fourth-order valence-corrected chi connectivity index (χ4v) is 2.36. The maximum Gasteiger partial charge on any atom is 0.243 e. The number of hydrogen-bond donors (Lipinski definition) is 2. The van der Waals surface area contributed by atoms with Crippen molar-refractivity contribution in [3.05, 3.63) is 47.1 Å². The molecule has 2 heterocycles. The Labute approximate surface area is 111 Å². The van der Waals surface area contributed by atoms with E-state index in [4.69, 9.17) is 4.52 Å². The van der Waals surface area contributed by atoms with Crippen LogP contribution in [0.2, 0.25) is 0 Å². The van der Waals surface area contributed by atoms with Crippen LogP contribution in [0, 0.1) is 6.92 Å². The first-order valence-corrected chi connectivity index (χ1v) is 6.51. The van der Waals surface area contributed by atoms with E-state index in [9.17, 15) is 5.11 Å². The van der Waals surface area contributed by atoms with E-state index in [1.165, 1.54) is 11.1 Å². The summed E-state index contributed by atoms with van der Waals surface area (Å²) in [6.07, 6.45) is 0.981. The Hall–Kier alpha value is -1.72. The van der Waals surface area contributed by atoms with Crippen molar-refractivity contribution >= 4 is 0 Å². The third-order valence-electron chi connectivity index (χ3n) is 3.50. The molecule has 1 aromatic heterocycles. The zero-order valence-corrected chi connectivity index (χ0v) is 10.8. The zero-order valence-electron chi connectivity index (χ0n) is 10.8. The average Bonchev–Trinajstić information content (AvgIpc) is 3.01. The SMILES string of the molecule is Cc1ccccc1Cc1noc([C@@H]2C[C@H](O)CN2)n1. The van der Waals surface area contributed by atoms with E-state index in [2.05, 4.69) is 34.5 Å². The highest BCUT2D eigenvalue weighted by Crippen LogP contribution is 2.22. The van der Waals surface area contributed by atoms with Gasteiger partial charge in [0.05, 0.1) is 12.1 Å². The van der Waals surface area contributed by atoms with Gasteiger partial charge < -0.3 is 14.9 Å². The van der Waals surface area contributed by atoms with Gasteiger partial charge in [0.25, 0.3) is 0 Å². The molecule has 0 saturated carbocycles. The number of nitrogens with one attached hydrogen (secondary N) is 1. The van der Waals surface area contributed by atoms with Gasteiger partial charge >= 0.3 is 0 Å². The van der Waals surface area contributed by atoms with Crippen LogP contribution in [0.25, 0.3) is 0 Å². The van der Waals surface area contributed by atoms with Gasteiger partial charge in [-0.3, -0.25) is 0 Å². The molecule has 1 saturated heterocycles. The molecule has 0 aliphatic carbocycles. The number of hydrogen-bond acceptors (Lipinski definition) is 5. The molecule has 0 bridgehead atoms. The second-order valence-corrected chi connectivity index (χ2v) is 5.00. The molecule has 0 radical (unpaired) electrons. The van der Waals surface area contributed by atoms with Crippen LogP contribution in [0.15, 0.2) is 28.8 Å². The third-order valence-corrected chi connectivity index (χ3v) is 3.50. The molecular weight excluding hydrogens is 242 g/mol. The van der Waals surface area contributed by atoms with Crippen LogP contribution >= 0.6 is 0 Å².